The molecule has 0 radical (unpaired) electrons. The second-order valence-electron chi connectivity index (χ2n) is 10.0. The third kappa shape index (κ3) is 3.76. The average molecular weight is 455 g/mol. The molecule has 0 aliphatic carbocycles. The Hall–Kier alpha value is -2.93. The highest BCUT2D eigenvalue weighted by molar-refractivity contribution is 6.49. The maximum absolute atomic E-state index is 13.8. The van der Waals surface area contributed by atoms with Crippen molar-refractivity contribution in [2.24, 2.45) is 0 Å². The lowest BCUT2D eigenvalue weighted by Gasteiger charge is -2.32. The van der Waals surface area contributed by atoms with Crippen molar-refractivity contribution in [1.82, 2.24) is 0 Å². The van der Waals surface area contributed by atoms with Crippen LogP contribution in [0.3, 0.4) is 0 Å². The Bertz CT molecular complexity index is 1140. The zero-order chi connectivity index (χ0) is 24.0. The first-order valence-corrected chi connectivity index (χ1v) is 11.8. The van der Waals surface area contributed by atoms with Crippen molar-refractivity contribution in [3.05, 3.63) is 102 Å². The van der Waals surface area contributed by atoms with Gasteiger partial charge in [0.1, 0.15) is 6.04 Å². The molecule has 2 aliphatic rings. The fourth-order valence-corrected chi connectivity index (χ4v) is 4.65. The fraction of sp³-hybridized carbons (Fsp3) is 0.321. The molecule has 34 heavy (non-hydrogen) atoms. The molecule has 0 saturated carbocycles. The van der Waals surface area contributed by atoms with E-state index in [1.54, 1.807) is 5.06 Å². The molecule has 2 saturated heterocycles. The molecule has 5 nitrogen and oxygen atoms in total. The van der Waals surface area contributed by atoms with Crippen LogP contribution >= 0.6 is 0 Å². The number of benzene rings is 3. The number of para-hydroxylation sites is 1. The lowest BCUT2D eigenvalue weighted by molar-refractivity contribution is 0.00578. The summed E-state index contributed by atoms with van der Waals surface area (Å²) in [4.78, 5) is 20.6. The van der Waals surface area contributed by atoms with Gasteiger partial charge in [-0.15, -0.1) is 0 Å². The highest BCUT2D eigenvalue weighted by Gasteiger charge is 2.66. The van der Waals surface area contributed by atoms with Gasteiger partial charge in [0.25, 0.3) is 0 Å². The standard InChI is InChI=1S/C28H30BNO4/c1-26(2)27(3,4)33-29(32-26)28(22-16-10-6-11-17-22)20-24(25(31)21-14-8-5-9-15-21)30(34-28)23-18-12-7-13-19-23/h5-19,24H,20H2,1-4H3. The number of rotatable bonds is 5. The first kappa shape index (κ1) is 22.8. The van der Waals surface area contributed by atoms with Gasteiger partial charge in [0.15, 0.2) is 11.3 Å². The molecule has 2 unspecified atom stereocenters. The van der Waals surface area contributed by atoms with Crippen LogP contribution in [0.2, 0.25) is 0 Å². The topological polar surface area (TPSA) is 48.0 Å². The number of anilines is 1. The largest absolute Gasteiger partial charge is 0.500 e. The smallest absolute Gasteiger partial charge is 0.401 e. The van der Waals surface area contributed by atoms with E-state index in [2.05, 4.69) is 0 Å². The van der Waals surface area contributed by atoms with Gasteiger partial charge in [-0.25, -0.2) is 5.06 Å². The summed E-state index contributed by atoms with van der Waals surface area (Å²) in [6.45, 7) is 8.12. The van der Waals surface area contributed by atoms with Crippen LogP contribution < -0.4 is 5.06 Å². The highest BCUT2D eigenvalue weighted by atomic mass is 16.7. The predicted molar refractivity (Wildman–Crippen MR) is 133 cm³/mol. The van der Waals surface area contributed by atoms with Crippen LogP contribution in [-0.4, -0.2) is 30.1 Å². The molecule has 2 atom stereocenters. The van der Waals surface area contributed by atoms with Gasteiger partial charge in [0.2, 0.25) is 0 Å². The molecule has 0 bridgehead atoms. The van der Waals surface area contributed by atoms with Gasteiger partial charge in [-0.1, -0.05) is 78.9 Å². The summed E-state index contributed by atoms with van der Waals surface area (Å²) < 4.78 is 13.1. The first-order chi connectivity index (χ1) is 16.2. The molecule has 2 aliphatic heterocycles. The lowest BCUT2D eigenvalue weighted by Crippen LogP contribution is -2.46. The molecule has 0 aromatic heterocycles. The van der Waals surface area contributed by atoms with Crippen LogP contribution in [-0.2, 0) is 19.6 Å². The van der Waals surface area contributed by atoms with Crippen LogP contribution in [0.5, 0.6) is 0 Å². The quantitative estimate of drug-likeness (QED) is 0.370. The van der Waals surface area contributed by atoms with Gasteiger partial charge in [-0.05, 0) is 45.4 Å². The summed E-state index contributed by atoms with van der Waals surface area (Å²) in [5.74, 6) is -0.00113. The number of Topliss-reactive ketones (excluding diaryl/α,β-unsaturated/α-hetero) is 1. The number of hydrogen-bond acceptors (Lipinski definition) is 5. The molecule has 0 spiro atoms. The third-order valence-corrected chi connectivity index (χ3v) is 7.31. The van der Waals surface area contributed by atoms with Crippen LogP contribution in [0.1, 0.15) is 50.0 Å². The molecule has 3 aromatic carbocycles. The van der Waals surface area contributed by atoms with E-state index < -0.39 is 29.9 Å². The zero-order valence-electron chi connectivity index (χ0n) is 20.1. The number of carbonyl (C=O) groups excluding carboxylic acids is 1. The SMILES string of the molecule is CC1(C)OB(C2(c3ccccc3)CC(C(=O)c3ccccc3)N(c3ccccc3)O2)OC1(C)C. The maximum atomic E-state index is 13.8. The van der Waals surface area contributed by atoms with Crippen LogP contribution in [0.25, 0.3) is 0 Å². The summed E-state index contributed by atoms with van der Waals surface area (Å²) in [7, 11) is -0.695. The summed E-state index contributed by atoms with van der Waals surface area (Å²) >= 11 is 0. The number of hydroxylamine groups is 1. The van der Waals surface area contributed by atoms with Crippen molar-refractivity contribution in [2.45, 2.75) is 56.9 Å². The van der Waals surface area contributed by atoms with Crippen LogP contribution in [0.15, 0.2) is 91.0 Å². The molecule has 174 valence electrons. The van der Waals surface area contributed by atoms with Crippen molar-refractivity contribution in [2.75, 3.05) is 5.06 Å². The first-order valence-electron chi connectivity index (χ1n) is 11.8. The maximum Gasteiger partial charge on any atom is 0.500 e. The fourth-order valence-electron chi connectivity index (χ4n) is 4.65. The third-order valence-electron chi connectivity index (χ3n) is 7.31. The van der Waals surface area contributed by atoms with Gasteiger partial charge in [-0.2, -0.15) is 0 Å². The Kier molecular flexibility index (Phi) is 5.63. The van der Waals surface area contributed by atoms with Crippen molar-refractivity contribution in [1.29, 1.82) is 0 Å². The van der Waals surface area contributed by atoms with E-state index in [4.69, 9.17) is 14.1 Å². The lowest BCUT2D eigenvalue weighted by atomic mass is 9.60. The molecular formula is C28H30BNO4. The highest BCUT2D eigenvalue weighted by Crippen LogP contribution is 2.50. The Balaban J connectivity index is 1.63. The molecular weight excluding hydrogens is 425 g/mol. The van der Waals surface area contributed by atoms with Crippen molar-refractivity contribution < 1.29 is 18.9 Å². The number of ketones is 1. The van der Waals surface area contributed by atoms with E-state index in [0.717, 1.165) is 11.3 Å². The average Bonchev–Trinajstić information content (AvgIpc) is 3.36. The Morgan fingerprint density at radius 1 is 0.794 bits per heavy atom. The van der Waals surface area contributed by atoms with Gasteiger partial charge >= 0.3 is 7.12 Å². The number of hydrogen-bond donors (Lipinski definition) is 0. The van der Waals surface area contributed by atoms with E-state index in [1.807, 2.05) is 119 Å². The van der Waals surface area contributed by atoms with E-state index >= 15 is 0 Å². The second kappa shape index (κ2) is 8.38. The van der Waals surface area contributed by atoms with Gasteiger partial charge in [0, 0.05) is 12.0 Å². The van der Waals surface area contributed by atoms with Crippen LogP contribution in [0.4, 0.5) is 5.69 Å². The molecule has 3 aromatic rings. The monoisotopic (exact) mass is 455 g/mol. The molecule has 2 heterocycles. The molecule has 0 amide bonds. The minimum absolute atomic E-state index is 0.00113. The predicted octanol–water partition coefficient (Wildman–Crippen LogP) is 5.61. The van der Waals surface area contributed by atoms with E-state index in [9.17, 15) is 4.79 Å². The zero-order valence-corrected chi connectivity index (χ0v) is 20.1. The van der Waals surface area contributed by atoms with Crippen LogP contribution in [0, 0.1) is 0 Å². The van der Waals surface area contributed by atoms with Crippen molar-refractivity contribution >= 4 is 18.6 Å². The summed E-state index contributed by atoms with van der Waals surface area (Å²) in [5.41, 5.74) is 0.292. The summed E-state index contributed by atoms with van der Waals surface area (Å²) in [6, 6.07) is 28.5. The van der Waals surface area contributed by atoms with Gasteiger partial charge < -0.3 is 9.31 Å². The molecule has 5 rings (SSSR count). The van der Waals surface area contributed by atoms with Gasteiger partial charge in [-0.3, -0.25) is 9.63 Å². The Labute approximate surface area is 201 Å². The molecule has 2 fully saturated rings. The summed E-state index contributed by atoms with van der Waals surface area (Å²) in [6.07, 6.45) is 0.385. The van der Waals surface area contributed by atoms with E-state index in [0.29, 0.717) is 12.0 Å². The minimum Gasteiger partial charge on any atom is -0.401 e. The van der Waals surface area contributed by atoms with E-state index in [-0.39, 0.29) is 5.78 Å². The Morgan fingerprint density at radius 2 is 1.29 bits per heavy atom. The second-order valence-corrected chi connectivity index (χ2v) is 10.0. The number of carbonyl (C=O) groups is 1. The van der Waals surface area contributed by atoms with Crippen molar-refractivity contribution in [3.63, 3.8) is 0 Å². The summed E-state index contributed by atoms with van der Waals surface area (Å²) in [5, 5.41) is 1.74. The number of nitrogens with zero attached hydrogens (tertiary/aromatic N) is 1. The Morgan fingerprint density at radius 3 is 1.85 bits per heavy atom. The van der Waals surface area contributed by atoms with E-state index in [1.165, 1.54) is 0 Å². The molecule has 6 heteroatoms. The van der Waals surface area contributed by atoms with Crippen molar-refractivity contribution in [3.8, 4) is 0 Å². The minimum atomic E-state index is -1.00. The normalized spacial score (nSPS) is 25.5. The van der Waals surface area contributed by atoms with Gasteiger partial charge in [0.05, 0.1) is 16.9 Å². The molecule has 0 N–H and O–H groups in total.